The zero-order valence-corrected chi connectivity index (χ0v) is 12.5. The van der Waals surface area contributed by atoms with E-state index in [0.29, 0.717) is 10.0 Å². The lowest BCUT2D eigenvalue weighted by atomic mass is 10.0. The Hall–Kier alpha value is -1.03. The number of nitrogens with one attached hydrogen (secondary N) is 1. The van der Waals surface area contributed by atoms with Crippen LogP contribution in [0.4, 0.5) is 0 Å². The van der Waals surface area contributed by atoms with E-state index in [2.05, 4.69) is 23.5 Å². The maximum absolute atomic E-state index is 6.26. The fraction of sp³-hybridized carbons (Fsp3) is 0.357. The van der Waals surface area contributed by atoms with Crippen LogP contribution in [0.15, 0.2) is 30.6 Å². The van der Waals surface area contributed by atoms with E-state index < -0.39 is 0 Å². The summed E-state index contributed by atoms with van der Waals surface area (Å²) in [4.78, 5) is 0. The first-order chi connectivity index (χ1) is 9.13. The van der Waals surface area contributed by atoms with Crippen molar-refractivity contribution in [1.29, 1.82) is 0 Å². The Morgan fingerprint density at radius 3 is 2.74 bits per heavy atom. The van der Waals surface area contributed by atoms with Gasteiger partial charge in [0.25, 0.3) is 0 Å². The molecule has 5 heteroatoms. The molecule has 1 heterocycles. The summed E-state index contributed by atoms with van der Waals surface area (Å²) in [5.41, 5.74) is 2.24. The second kappa shape index (κ2) is 6.42. The number of benzene rings is 1. The molecule has 0 saturated heterocycles. The number of hydrogen-bond donors (Lipinski definition) is 1. The monoisotopic (exact) mass is 297 g/mol. The smallest absolute Gasteiger partial charge is 0.0522 e. The maximum Gasteiger partial charge on any atom is 0.0522 e. The lowest BCUT2D eigenvalue weighted by Crippen LogP contribution is -2.19. The molecule has 1 atom stereocenters. The molecule has 2 aromatic rings. The van der Waals surface area contributed by atoms with Gasteiger partial charge in [-0.05, 0) is 43.7 Å². The third kappa shape index (κ3) is 3.50. The molecule has 0 amide bonds. The van der Waals surface area contributed by atoms with Crippen LogP contribution < -0.4 is 5.32 Å². The van der Waals surface area contributed by atoms with Crippen molar-refractivity contribution in [2.45, 2.75) is 25.9 Å². The summed E-state index contributed by atoms with van der Waals surface area (Å²) in [5, 5.41) is 8.92. The number of rotatable bonds is 5. The van der Waals surface area contributed by atoms with Gasteiger partial charge in [-0.25, -0.2) is 0 Å². The van der Waals surface area contributed by atoms with Crippen LogP contribution in [-0.4, -0.2) is 16.8 Å². The van der Waals surface area contributed by atoms with E-state index in [0.717, 1.165) is 18.5 Å². The fourth-order valence-electron chi connectivity index (χ4n) is 2.07. The average molecular weight is 298 g/mol. The van der Waals surface area contributed by atoms with E-state index in [1.807, 2.05) is 30.1 Å². The second-order valence-electron chi connectivity index (χ2n) is 4.42. The topological polar surface area (TPSA) is 29.9 Å². The van der Waals surface area contributed by atoms with Gasteiger partial charge < -0.3 is 5.32 Å². The molecule has 1 N–H and O–H groups in total. The standard InChI is InChI=1S/C14H17Cl2N3/c1-3-19-9-10(8-18-19)6-14(17-2)12-5-4-11(15)7-13(12)16/h4-5,7-9,14,17H,3,6H2,1-2H3. The summed E-state index contributed by atoms with van der Waals surface area (Å²) in [6.45, 7) is 2.95. The highest BCUT2D eigenvalue weighted by molar-refractivity contribution is 6.35. The normalized spacial score (nSPS) is 12.6. The van der Waals surface area contributed by atoms with Crippen molar-refractivity contribution in [2.24, 2.45) is 0 Å². The first-order valence-corrected chi connectivity index (χ1v) is 7.03. The Morgan fingerprint density at radius 2 is 2.16 bits per heavy atom. The van der Waals surface area contributed by atoms with Gasteiger partial charge in [-0.15, -0.1) is 0 Å². The minimum absolute atomic E-state index is 0.152. The predicted molar refractivity (Wildman–Crippen MR) is 79.9 cm³/mol. The third-order valence-corrected chi connectivity index (χ3v) is 3.70. The highest BCUT2D eigenvalue weighted by atomic mass is 35.5. The molecule has 2 rings (SSSR count). The van der Waals surface area contributed by atoms with Crippen LogP contribution in [0.5, 0.6) is 0 Å². The molecule has 0 spiro atoms. The molecule has 3 nitrogen and oxygen atoms in total. The lowest BCUT2D eigenvalue weighted by molar-refractivity contribution is 0.591. The van der Waals surface area contributed by atoms with Crippen LogP contribution in [0.3, 0.4) is 0 Å². The van der Waals surface area contributed by atoms with Gasteiger partial charge in [0.05, 0.1) is 6.20 Å². The van der Waals surface area contributed by atoms with Crippen LogP contribution in [-0.2, 0) is 13.0 Å². The van der Waals surface area contributed by atoms with E-state index in [1.54, 1.807) is 6.07 Å². The van der Waals surface area contributed by atoms with E-state index in [4.69, 9.17) is 23.2 Å². The summed E-state index contributed by atoms with van der Waals surface area (Å²) in [5.74, 6) is 0. The van der Waals surface area contributed by atoms with Crippen molar-refractivity contribution >= 4 is 23.2 Å². The van der Waals surface area contributed by atoms with Gasteiger partial charge in [-0.3, -0.25) is 4.68 Å². The first-order valence-electron chi connectivity index (χ1n) is 6.27. The van der Waals surface area contributed by atoms with E-state index in [9.17, 15) is 0 Å². The van der Waals surface area contributed by atoms with Gasteiger partial charge >= 0.3 is 0 Å². The van der Waals surface area contributed by atoms with Crippen LogP contribution >= 0.6 is 23.2 Å². The minimum Gasteiger partial charge on any atom is -0.313 e. The molecule has 0 aliphatic rings. The molecule has 19 heavy (non-hydrogen) atoms. The molecule has 1 aromatic heterocycles. The Kier molecular flexibility index (Phi) is 4.86. The van der Waals surface area contributed by atoms with Gasteiger partial charge in [0.1, 0.15) is 0 Å². The summed E-state index contributed by atoms with van der Waals surface area (Å²) in [6.07, 6.45) is 4.81. The van der Waals surface area contributed by atoms with E-state index in [-0.39, 0.29) is 6.04 Å². The highest BCUT2D eigenvalue weighted by Crippen LogP contribution is 2.28. The average Bonchev–Trinajstić information content (AvgIpc) is 2.84. The summed E-state index contributed by atoms with van der Waals surface area (Å²) in [7, 11) is 1.93. The Bertz CT molecular complexity index is 551. The molecule has 0 saturated carbocycles. The quantitative estimate of drug-likeness (QED) is 0.912. The molecule has 0 bridgehead atoms. The lowest BCUT2D eigenvalue weighted by Gasteiger charge is -2.17. The van der Waals surface area contributed by atoms with E-state index >= 15 is 0 Å². The molecule has 0 fully saturated rings. The third-order valence-electron chi connectivity index (χ3n) is 3.14. The molecule has 1 unspecified atom stereocenters. The number of hydrogen-bond acceptors (Lipinski definition) is 2. The van der Waals surface area contributed by atoms with Gasteiger partial charge in [-0.2, -0.15) is 5.10 Å². The molecule has 0 aliphatic heterocycles. The molecule has 102 valence electrons. The van der Waals surface area contributed by atoms with Gasteiger partial charge in [0.15, 0.2) is 0 Å². The van der Waals surface area contributed by atoms with Crippen LogP contribution in [0.2, 0.25) is 10.0 Å². The van der Waals surface area contributed by atoms with Gasteiger partial charge in [0, 0.05) is 28.8 Å². The fourth-order valence-corrected chi connectivity index (χ4v) is 2.61. The largest absolute Gasteiger partial charge is 0.313 e. The highest BCUT2D eigenvalue weighted by Gasteiger charge is 2.14. The van der Waals surface area contributed by atoms with Crippen LogP contribution in [0, 0.1) is 0 Å². The van der Waals surface area contributed by atoms with Crippen molar-refractivity contribution in [3.8, 4) is 0 Å². The summed E-state index contributed by atoms with van der Waals surface area (Å²) < 4.78 is 1.92. The Morgan fingerprint density at radius 1 is 1.37 bits per heavy atom. The summed E-state index contributed by atoms with van der Waals surface area (Å²) in [6, 6.07) is 5.76. The molecule has 1 aromatic carbocycles. The minimum atomic E-state index is 0.152. The Labute approximate surface area is 123 Å². The zero-order chi connectivity index (χ0) is 13.8. The predicted octanol–water partition coefficient (Wildman–Crippen LogP) is 3.71. The number of nitrogens with zero attached hydrogens (tertiary/aromatic N) is 2. The van der Waals surface area contributed by atoms with Crippen LogP contribution in [0.1, 0.15) is 24.1 Å². The molecular weight excluding hydrogens is 281 g/mol. The molecule has 0 radical (unpaired) electrons. The Balaban J connectivity index is 2.19. The van der Waals surface area contributed by atoms with Crippen LogP contribution in [0.25, 0.3) is 0 Å². The van der Waals surface area contributed by atoms with E-state index in [1.165, 1.54) is 5.56 Å². The number of likely N-dealkylation sites (N-methyl/N-ethyl adjacent to an activating group) is 1. The zero-order valence-electron chi connectivity index (χ0n) is 11.0. The second-order valence-corrected chi connectivity index (χ2v) is 5.26. The van der Waals surface area contributed by atoms with Gasteiger partial charge in [0.2, 0.25) is 0 Å². The number of aromatic nitrogens is 2. The first kappa shape index (κ1) is 14.4. The van der Waals surface area contributed by atoms with Gasteiger partial charge in [-0.1, -0.05) is 29.3 Å². The van der Waals surface area contributed by atoms with Crippen molar-refractivity contribution in [1.82, 2.24) is 15.1 Å². The number of aryl methyl sites for hydroxylation is 1. The van der Waals surface area contributed by atoms with Crippen molar-refractivity contribution in [2.75, 3.05) is 7.05 Å². The summed E-state index contributed by atoms with van der Waals surface area (Å²) >= 11 is 12.2. The number of halogens is 2. The molecular formula is C14H17Cl2N3. The molecule has 0 aliphatic carbocycles. The van der Waals surface area contributed by atoms with Crippen molar-refractivity contribution < 1.29 is 0 Å². The maximum atomic E-state index is 6.26. The SMILES string of the molecule is CCn1cc(CC(NC)c2ccc(Cl)cc2Cl)cn1. The van der Waals surface area contributed by atoms with Crippen molar-refractivity contribution in [3.63, 3.8) is 0 Å². The van der Waals surface area contributed by atoms with Crippen molar-refractivity contribution in [3.05, 3.63) is 51.8 Å².